The first kappa shape index (κ1) is 16.7. The molecular formula is C18H19FN2O2. The molecule has 0 aliphatic carbocycles. The van der Waals surface area contributed by atoms with E-state index in [0.29, 0.717) is 11.3 Å². The molecule has 0 aliphatic rings. The van der Waals surface area contributed by atoms with Gasteiger partial charge in [-0.2, -0.15) is 0 Å². The van der Waals surface area contributed by atoms with Crippen LogP contribution in [0.5, 0.6) is 0 Å². The molecule has 23 heavy (non-hydrogen) atoms. The van der Waals surface area contributed by atoms with Gasteiger partial charge in [0.2, 0.25) is 11.8 Å². The van der Waals surface area contributed by atoms with Crippen LogP contribution in [0.3, 0.4) is 0 Å². The van der Waals surface area contributed by atoms with Gasteiger partial charge in [-0.3, -0.25) is 9.59 Å². The number of nitrogens with zero attached hydrogens (tertiary/aromatic N) is 1. The molecule has 0 radical (unpaired) electrons. The Bertz CT molecular complexity index is 674. The molecule has 0 unspecified atom stereocenters. The average molecular weight is 314 g/mol. The predicted octanol–water partition coefficient (Wildman–Crippen LogP) is 3.20. The van der Waals surface area contributed by atoms with E-state index < -0.39 is 0 Å². The maximum absolute atomic E-state index is 13.7. The Morgan fingerprint density at radius 2 is 1.70 bits per heavy atom. The molecule has 120 valence electrons. The number of nitrogens with one attached hydrogen (secondary N) is 1. The molecule has 0 aliphatic heterocycles. The van der Waals surface area contributed by atoms with Gasteiger partial charge >= 0.3 is 0 Å². The van der Waals surface area contributed by atoms with E-state index in [0.717, 1.165) is 0 Å². The average Bonchev–Trinajstić information content (AvgIpc) is 2.53. The number of hydrogen-bond acceptors (Lipinski definition) is 2. The normalized spacial score (nSPS) is 10.2. The third kappa shape index (κ3) is 5.21. The first-order chi connectivity index (χ1) is 11.1. The molecule has 0 bridgehead atoms. The van der Waals surface area contributed by atoms with Gasteiger partial charge in [0.25, 0.3) is 0 Å². The van der Waals surface area contributed by atoms with Crippen LogP contribution in [0.15, 0.2) is 54.6 Å². The van der Waals surface area contributed by atoms with Crippen molar-refractivity contribution in [2.45, 2.75) is 19.9 Å². The van der Waals surface area contributed by atoms with Crippen LogP contribution >= 0.6 is 0 Å². The number of amides is 2. The van der Waals surface area contributed by atoms with Crippen LogP contribution in [0, 0.1) is 5.82 Å². The summed E-state index contributed by atoms with van der Waals surface area (Å²) in [6, 6.07) is 15.4. The number of hydrogen-bond donors (Lipinski definition) is 1. The molecule has 5 heteroatoms. The molecule has 2 rings (SSSR count). The number of carbonyl (C=O) groups excluding carboxylic acids is 2. The minimum absolute atomic E-state index is 0.153. The number of carbonyl (C=O) groups is 2. The van der Waals surface area contributed by atoms with Gasteiger partial charge in [-0.25, -0.2) is 4.39 Å². The van der Waals surface area contributed by atoms with Crippen molar-refractivity contribution in [3.63, 3.8) is 0 Å². The lowest BCUT2D eigenvalue weighted by Crippen LogP contribution is -2.31. The second-order valence-corrected chi connectivity index (χ2v) is 5.20. The first-order valence-electron chi connectivity index (χ1n) is 7.40. The van der Waals surface area contributed by atoms with E-state index in [9.17, 15) is 14.0 Å². The molecule has 0 aromatic heterocycles. The summed E-state index contributed by atoms with van der Waals surface area (Å²) in [6.07, 6.45) is 0.156. The molecule has 4 nitrogen and oxygen atoms in total. The topological polar surface area (TPSA) is 49.4 Å². The molecule has 0 saturated carbocycles. The zero-order valence-corrected chi connectivity index (χ0v) is 13.0. The lowest BCUT2D eigenvalue weighted by molar-refractivity contribution is -0.130. The zero-order chi connectivity index (χ0) is 16.7. The van der Waals surface area contributed by atoms with E-state index >= 15 is 0 Å². The van der Waals surface area contributed by atoms with Gasteiger partial charge in [-0.05, 0) is 18.2 Å². The lowest BCUT2D eigenvalue weighted by Gasteiger charge is -2.21. The van der Waals surface area contributed by atoms with Crippen molar-refractivity contribution >= 4 is 17.5 Å². The SMILES string of the molecule is CC(=O)N(CCC(=O)Nc1ccccc1)Cc1ccccc1F. The summed E-state index contributed by atoms with van der Waals surface area (Å²) in [5, 5.41) is 2.76. The molecule has 0 atom stereocenters. The zero-order valence-electron chi connectivity index (χ0n) is 13.0. The van der Waals surface area contributed by atoms with Crippen LogP contribution in [-0.4, -0.2) is 23.3 Å². The molecule has 1 N–H and O–H groups in total. The van der Waals surface area contributed by atoms with E-state index in [2.05, 4.69) is 5.32 Å². The fourth-order valence-electron chi connectivity index (χ4n) is 2.16. The van der Waals surface area contributed by atoms with Crippen molar-refractivity contribution in [3.05, 3.63) is 66.0 Å². The smallest absolute Gasteiger partial charge is 0.226 e. The number of rotatable bonds is 6. The summed E-state index contributed by atoms with van der Waals surface area (Å²) in [4.78, 5) is 25.1. The summed E-state index contributed by atoms with van der Waals surface area (Å²) >= 11 is 0. The van der Waals surface area contributed by atoms with Crippen molar-refractivity contribution in [3.8, 4) is 0 Å². The fourth-order valence-corrected chi connectivity index (χ4v) is 2.16. The number of halogens is 1. The summed E-state index contributed by atoms with van der Waals surface area (Å²) < 4.78 is 13.7. The Balaban J connectivity index is 1.91. The molecule has 0 fully saturated rings. The second-order valence-electron chi connectivity index (χ2n) is 5.20. The monoisotopic (exact) mass is 314 g/mol. The van der Waals surface area contributed by atoms with E-state index in [1.54, 1.807) is 30.3 Å². The minimum atomic E-state index is -0.354. The van der Waals surface area contributed by atoms with Gasteiger partial charge in [0.1, 0.15) is 5.82 Å². The third-order valence-electron chi connectivity index (χ3n) is 3.43. The van der Waals surface area contributed by atoms with Crippen molar-refractivity contribution in [2.24, 2.45) is 0 Å². The number of anilines is 1. The molecule has 0 spiro atoms. The summed E-state index contributed by atoms with van der Waals surface area (Å²) in [5.41, 5.74) is 1.15. The molecule has 2 amide bonds. The van der Waals surface area contributed by atoms with Crippen LogP contribution < -0.4 is 5.32 Å². The van der Waals surface area contributed by atoms with Crippen molar-refractivity contribution in [2.75, 3.05) is 11.9 Å². The van der Waals surface area contributed by atoms with Crippen LogP contribution in [0.4, 0.5) is 10.1 Å². The molecular weight excluding hydrogens is 295 g/mol. The van der Waals surface area contributed by atoms with Gasteiger partial charge < -0.3 is 10.2 Å². The highest BCUT2D eigenvalue weighted by Crippen LogP contribution is 2.11. The summed E-state index contributed by atoms with van der Waals surface area (Å²) in [7, 11) is 0. The van der Waals surface area contributed by atoms with E-state index in [1.807, 2.05) is 18.2 Å². The molecule has 2 aromatic rings. The Labute approximate surface area is 134 Å². The lowest BCUT2D eigenvalue weighted by atomic mass is 10.2. The van der Waals surface area contributed by atoms with E-state index in [1.165, 1.54) is 17.9 Å². The fraction of sp³-hybridized carbons (Fsp3) is 0.222. The van der Waals surface area contributed by atoms with Crippen molar-refractivity contribution < 1.29 is 14.0 Å². The largest absolute Gasteiger partial charge is 0.338 e. The van der Waals surface area contributed by atoms with Gasteiger partial charge in [-0.15, -0.1) is 0 Å². The number of para-hydroxylation sites is 1. The quantitative estimate of drug-likeness (QED) is 0.890. The highest BCUT2D eigenvalue weighted by Gasteiger charge is 2.13. The van der Waals surface area contributed by atoms with Crippen LogP contribution in [0.2, 0.25) is 0 Å². The highest BCUT2D eigenvalue weighted by atomic mass is 19.1. The van der Waals surface area contributed by atoms with E-state index in [4.69, 9.17) is 0 Å². The van der Waals surface area contributed by atoms with E-state index in [-0.39, 0.29) is 37.1 Å². The Morgan fingerprint density at radius 3 is 2.35 bits per heavy atom. The second kappa shape index (κ2) is 8.08. The summed E-state index contributed by atoms with van der Waals surface area (Å²) in [5.74, 6) is -0.732. The highest BCUT2D eigenvalue weighted by molar-refractivity contribution is 5.91. The minimum Gasteiger partial charge on any atom is -0.338 e. The summed E-state index contributed by atoms with van der Waals surface area (Å²) in [6.45, 7) is 1.80. The van der Waals surface area contributed by atoms with Crippen LogP contribution in [0.25, 0.3) is 0 Å². The van der Waals surface area contributed by atoms with Crippen LogP contribution in [-0.2, 0) is 16.1 Å². The maximum atomic E-state index is 13.7. The molecule has 0 heterocycles. The van der Waals surface area contributed by atoms with Crippen molar-refractivity contribution in [1.29, 1.82) is 0 Å². The van der Waals surface area contributed by atoms with Crippen molar-refractivity contribution in [1.82, 2.24) is 4.90 Å². The number of benzene rings is 2. The third-order valence-corrected chi connectivity index (χ3v) is 3.43. The maximum Gasteiger partial charge on any atom is 0.226 e. The Kier molecular flexibility index (Phi) is 5.86. The van der Waals surface area contributed by atoms with Gasteiger partial charge in [-0.1, -0.05) is 36.4 Å². The predicted molar refractivity (Wildman–Crippen MR) is 87.2 cm³/mol. The molecule has 2 aromatic carbocycles. The van der Waals surface area contributed by atoms with Gasteiger partial charge in [0.15, 0.2) is 0 Å². The molecule has 0 saturated heterocycles. The first-order valence-corrected chi connectivity index (χ1v) is 7.40. The van der Waals surface area contributed by atoms with Gasteiger partial charge in [0, 0.05) is 37.7 Å². The Morgan fingerprint density at radius 1 is 1.04 bits per heavy atom. The van der Waals surface area contributed by atoms with Crippen LogP contribution in [0.1, 0.15) is 18.9 Å². The standard InChI is InChI=1S/C18H19FN2O2/c1-14(22)21(13-15-7-5-6-10-17(15)19)12-11-18(23)20-16-8-3-2-4-9-16/h2-10H,11-13H2,1H3,(H,20,23). The van der Waals surface area contributed by atoms with Gasteiger partial charge in [0.05, 0.1) is 0 Å². The Hall–Kier alpha value is -2.69.